The van der Waals surface area contributed by atoms with Gasteiger partial charge in [0.1, 0.15) is 0 Å². The molecule has 1 heterocycles. The van der Waals surface area contributed by atoms with Gasteiger partial charge in [0.15, 0.2) is 0 Å². The minimum absolute atomic E-state index is 0.0165. The summed E-state index contributed by atoms with van der Waals surface area (Å²) in [6.45, 7) is 2.61. The standard InChI is InChI=1S/C14H19ClN2O/c1-10-7-12(5-6-16-10)14(18)17-9-11-3-2-4-13(15)8-11/h5-7,11,13H,2-4,8-9H2,1H3,(H,17,18). The van der Waals surface area contributed by atoms with Crippen molar-refractivity contribution in [3.8, 4) is 0 Å². The van der Waals surface area contributed by atoms with Crippen LogP contribution in [0.5, 0.6) is 0 Å². The summed E-state index contributed by atoms with van der Waals surface area (Å²) >= 11 is 6.14. The molecule has 0 bridgehead atoms. The van der Waals surface area contributed by atoms with Crippen molar-refractivity contribution in [2.24, 2.45) is 5.92 Å². The van der Waals surface area contributed by atoms with Gasteiger partial charge in [0.2, 0.25) is 0 Å². The molecule has 3 nitrogen and oxygen atoms in total. The van der Waals surface area contributed by atoms with Gasteiger partial charge in [-0.05, 0) is 44.2 Å². The zero-order chi connectivity index (χ0) is 13.0. The van der Waals surface area contributed by atoms with Crippen LogP contribution < -0.4 is 5.32 Å². The largest absolute Gasteiger partial charge is 0.352 e. The minimum Gasteiger partial charge on any atom is -0.352 e. The molecule has 1 N–H and O–H groups in total. The van der Waals surface area contributed by atoms with Crippen molar-refractivity contribution in [1.82, 2.24) is 10.3 Å². The second-order valence-electron chi connectivity index (χ2n) is 5.03. The van der Waals surface area contributed by atoms with E-state index in [1.165, 1.54) is 12.8 Å². The molecule has 0 aliphatic heterocycles. The van der Waals surface area contributed by atoms with Gasteiger partial charge in [-0.1, -0.05) is 6.42 Å². The van der Waals surface area contributed by atoms with Crippen LogP contribution in [0.3, 0.4) is 0 Å². The van der Waals surface area contributed by atoms with E-state index in [0.717, 1.165) is 25.1 Å². The fraction of sp³-hybridized carbons (Fsp3) is 0.571. The number of hydrogen-bond acceptors (Lipinski definition) is 2. The lowest BCUT2D eigenvalue weighted by Crippen LogP contribution is -2.32. The Balaban J connectivity index is 1.84. The number of aryl methyl sites for hydroxylation is 1. The summed E-state index contributed by atoms with van der Waals surface area (Å²) in [7, 11) is 0. The Morgan fingerprint density at radius 2 is 2.39 bits per heavy atom. The number of hydrogen-bond donors (Lipinski definition) is 1. The number of carbonyl (C=O) groups excluding carboxylic acids is 1. The first kappa shape index (κ1) is 13.3. The number of nitrogens with zero attached hydrogens (tertiary/aromatic N) is 1. The van der Waals surface area contributed by atoms with Crippen molar-refractivity contribution in [2.45, 2.75) is 38.0 Å². The fourth-order valence-corrected chi connectivity index (χ4v) is 2.84. The van der Waals surface area contributed by atoms with Crippen LogP contribution in [0.15, 0.2) is 18.3 Å². The van der Waals surface area contributed by atoms with E-state index in [1.54, 1.807) is 18.3 Å². The second-order valence-corrected chi connectivity index (χ2v) is 5.64. The highest BCUT2D eigenvalue weighted by atomic mass is 35.5. The highest BCUT2D eigenvalue weighted by Gasteiger charge is 2.20. The van der Waals surface area contributed by atoms with E-state index in [4.69, 9.17) is 11.6 Å². The summed E-state index contributed by atoms with van der Waals surface area (Å²) in [6, 6.07) is 3.55. The first-order valence-electron chi connectivity index (χ1n) is 6.50. The molecular weight excluding hydrogens is 248 g/mol. The van der Waals surface area contributed by atoms with Gasteiger partial charge < -0.3 is 5.32 Å². The third-order valence-electron chi connectivity index (χ3n) is 3.43. The van der Waals surface area contributed by atoms with Crippen molar-refractivity contribution in [3.05, 3.63) is 29.6 Å². The molecule has 1 aromatic heterocycles. The average Bonchev–Trinajstić information content (AvgIpc) is 2.36. The molecule has 1 aliphatic carbocycles. The van der Waals surface area contributed by atoms with E-state index in [-0.39, 0.29) is 11.3 Å². The third kappa shape index (κ3) is 3.70. The zero-order valence-corrected chi connectivity index (χ0v) is 11.4. The average molecular weight is 267 g/mol. The first-order chi connectivity index (χ1) is 8.65. The number of aromatic nitrogens is 1. The predicted molar refractivity (Wildman–Crippen MR) is 72.9 cm³/mol. The Kier molecular flexibility index (Phi) is 4.59. The van der Waals surface area contributed by atoms with Gasteiger partial charge in [-0.25, -0.2) is 0 Å². The maximum Gasteiger partial charge on any atom is 0.251 e. The van der Waals surface area contributed by atoms with E-state index >= 15 is 0 Å². The summed E-state index contributed by atoms with van der Waals surface area (Å²) in [5.41, 5.74) is 1.54. The normalized spacial score (nSPS) is 23.7. The van der Waals surface area contributed by atoms with Crippen LogP contribution in [0.2, 0.25) is 0 Å². The highest BCUT2D eigenvalue weighted by molar-refractivity contribution is 6.20. The number of halogens is 1. The summed E-state index contributed by atoms with van der Waals surface area (Å²) in [4.78, 5) is 16.0. The molecule has 2 rings (SSSR count). The maximum atomic E-state index is 11.9. The Bertz CT molecular complexity index is 422. The molecular formula is C14H19ClN2O. The lowest BCUT2D eigenvalue weighted by molar-refractivity contribution is 0.0943. The summed E-state index contributed by atoms with van der Waals surface area (Å²) in [5, 5.41) is 3.27. The third-order valence-corrected chi connectivity index (χ3v) is 3.83. The summed E-state index contributed by atoms with van der Waals surface area (Å²) in [5.74, 6) is 0.505. The van der Waals surface area contributed by atoms with Gasteiger partial charge in [-0.3, -0.25) is 9.78 Å². The number of amides is 1. The lowest BCUT2D eigenvalue weighted by atomic mass is 9.89. The van der Waals surface area contributed by atoms with Gasteiger partial charge in [0.25, 0.3) is 5.91 Å². The van der Waals surface area contributed by atoms with Gasteiger partial charge in [-0.15, -0.1) is 11.6 Å². The molecule has 0 radical (unpaired) electrons. The maximum absolute atomic E-state index is 11.9. The highest BCUT2D eigenvalue weighted by Crippen LogP contribution is 2.27. The molecule has 18 heavy (non-hydrogen) atoms. The Morgan fingerprint density at radius 3 is 3.11 bits per heavy atom. The number of carbonyl (C=O) groups is 1. The van der Waals surface area contributed by atoms with E-state index in [2.05, 4.69) is 10.3 Å². The zero-order valence-electron chi connectivity index (χ0n) is 10.7. The monoisotopic (exact) mass is 266 g/mol. The van der Waals surface area contributed by atoms with Crippen LogP contribution in [0.4, 0.5) is 0 Å². The SMILES string of the molecule is Cc1cc(C(=O)NCC2CCCC(Cl)C2)ccn1. The Labute approximate surface area is 113 Å². The molecule has 98 valence electrons. The molecule has 0 spiro atoms. The number of nitrogens with one attached hydrogen (secondary N) is 1. The van der Waals surface area contributed by atoms with Crippen LogP contribution in [-0.2, 0) is 0 Å². The molecule has 1 saturated carbocycles. The number of pyridine rings is 1. The predicted octanol–water partition coefficient (Wildman–Crippen LogP) is 2.92. The van der Waals surface area contributed by atoms with Crippen LogP contribution in [0.1, 0.15) is 41.7 Å². The molecule has 0 saturated heterocycles. The van der Waals surface area contributed by atoms with Crippen molar-refractivity contribution in [3.63, 3.8) is 0 Å². The van der Waals surface area contributed by atoms with Gasteiger partial charge >= 0.3 is 0 Å². The molecule has 2 unspecified atom stereocenters. The first-order valence-corrected chi connectivity index (χ1v) is 6.93. The second kappa shape index (κ2) is 6.19. The smallest absolute Gasteiger partial charge is 0.251 e. The van der Waals surface area contributed by atoms with Crippen molar-refractivity contribution < 1.29 is 4.79 Å². The van der Waals surface area contributed by atoms with E-state index in [0.29, 0.717) is 11.5 Å². The molecule has 1 amide bonds. The quantitative estimate of drug-likeness (QED) is 0.855. The van der Waals surface area contributed by atoms with Crippen molar-refractivity contribution in [1.29, 1.82) is 0 Å². The Hall–Kier alpha value is -1.09. The van der Waals surface area contributed by atoms with E-state index < -0.39 is 0 Å². The number of alkyl halides is 1. The molecule has 1 aliphatic rings. The van der Waals surface area contributed by atoms with Gasteiger partial charge in [-0.2, -0.15) is 0 Å². The molecule has 0 aromatic carbocycles. The van der Waals surface area contributed by atoms with Crippen LogP contribution in [0.25, 0.3) is 0 Å². The summed E-state index contributed by atoms with van der Waals surface area (Å²) in [6.07, 6.45) is 6.12. The molecule has 2 atom stereocenters. The van der Waals surface area contributed by atoms with E-state index in [9.17, 15) is 4.79 Å². The van der Waals surface area contributed by atoms with Crippen LogP contribution in [-0.4, -0.2) is 22.8 Å². The summed E-state index contributed by atoms with van der Waals surface area (Å²) < 4.78 is 0. The molecule has 1 fully saturated rings. The number of rotatable bonds is 3. The molecule has 1 aromatic rings. The Morgan fingerprint density at radius 1 is 1.56 bits per heavy atom. The van der Waals surface area contributed by atoms with Gasteiger partial charge in [0.05, 0.1) is 0 Å². The lowest BCUT2D eigenvalue weighted by Gasteiger charge is -2.25. The van der Waals surface area contributed by atoms with Crippen molar-refractivity contribution >= 4 is 17.5 Å². The van der Waals surface area contributed by atoms with Crippen molar-refractivity contribution in [2.75, 3.05) is 6.54 Å². The van der Waals surface area contributed by atoms with E-state index in [1.807, 2.05) is 6.92 Å². The van der Waals surface area contributed by atoms with Gasteiger partial charge in [0, 0.05) is 29.4 Å². The van der Waals surface area contributed by atoms with Crippen LogP contribution in [0, 0.1) is 12.8 Å². The van der Waals surface area contributed by atoms with Crippen LogP contribution >= 0.6 is 11.6 Å². The molecule has 4 heteroatoms. The topological polar surface area (TPSA) is 42.0 Å². The minimum atomic E-state index is -0.0165. The fourth-order valence-electron chi connectivity index (χ4n) is 2.44.